The average Bonchev–Trinajstić information content (AvgIpc) is 2.93. The Kier molecular flexibility index (Phi) is 9.27. The van der Waals surface area contributed by atoms with Gasteiger partial charge in [-0.15, -0.1) is 0 Å². The molecule has 0 fully saturated rings. The zero-order valence-corrected chi connectivity index (χ0v) is 22.9. The number of benzene rings is 3. The summed E-state index contributed by atoms with van der Waals surface area (Å²) in [6.07, 6.45) is 5.74. The van der Waals surface area contributed by atoms with Gasteiger partial charge in [-0.3, -0.25) is 0 Å². The van der Waals surface area contributed by atoms with Gasteiger partial charge >= 0.3 is 0 Å². The number of hydrogen-bond donors (Lipinski definition) is 0. The van der Waals surface area contributed by atoms with Gasteiger partial charge in [-0.05, 0) is 77.2 Å². The Bertz CT molecular complexity index is 1320. The first kappa shape index (κ1) is 27.9. The lowest BCUT2D eigenvalue weighted by molar-refractivity contribution is -1.91. The van der Waals surface area contributed by atoms with Crippen molar-refractivity contribution >= 4 is 26.1 Å². The Morgan fingerprint density at radius 3 is 1.74 bits per heavy atom. The van der Waals surface area contributed by atoms with Crippen molar-refractivity contribution in [2.75, 3.05) is 20.8 Å². The summed E-state index contributed by atoms with van der Waals surface area (Å²) in [5, 5.41) is 0. The summed E-state index contributed by atoms with van der Waals surface area (Å²) in [5.74, 6) is 2.07. The number of allylic oxidation sites excluding steroid dienone is 3. The molecule has 0 spiro atoms. The summed E-state index contributed by atoms with van der Waals surface area (Å²) in [6.45, 7) is 2.76. The highest BCUT2D eigenvalue weighted by molar-refractivity contribution is 8.20. The van der Waals surface area contributed by atoms with Gasteiger partial charge in [0.1, 0.15) is 31.7 Å². The van der Waals surface area contributed by atoms with Gasteiger partial charge in [-0.1, -0.05) is 49.7 Å². The smallest absolute Gasteiger partial charge is 0.148 e. The van der Waals surface area contributed by atoms with Crippen molar-refractivity contribution < 1.29 is 42.2 Å². The topological polar surface area (TPSA) is 106 Å². The summed E-state index contributed by atoms with van der Waals surface area (Å²) < 4.78 is 57.0. The Morgan fingerprint density at radius 1 is 0.684 bits per heavy atom. The molecule has 1 unspecified atom stereocenters. The fraction of sp³-hybridized carbons (Fsp3) is 0.207. The van der Waals surface area contributed by atoms with Crippen molar-refractivity contribution in [3.8, 4) is 17.2 Å². The molecule has 0 amide bonds. The Hall–Kier alpha value is -3.11. The third-order valence-corrected chi connectivity index (χ3v) is 8.44. The van der Waals surface area contributed by atoms with Crippen LogP contribution in [0.25, 0.3) is 10.5 Å². The number of rotatable bonds is 11. The molecule has 0 radical (unpaired) electrons. The lowest BCUT2D eigenvalue weighted by Gasteiger charge is -2.22. The Morgan fingerprint density at radius 2 is 1.21 bits per heavy atom. The number of unbranched alkanes of at least 4 members (excludes halogenated alkanes) is 1. The van der Waals surface area contributed by atoms with E-state index in [-0.39, 0.29) is 0 Å². The second-order valence-corrected chi connectivity index (χ2v) is 11.0. The number of methoxy groups -OCH3 is 2. The minimum Gasteiger partial charge on any atom is -0.497 e. The quantitative estimate of drug-likeness (QED) is 0.262. The molecule has 1 aliphatic heterocycles. The van der Waals surface area contributed by atoms with E-state index in [2.05, 4.69) is 6.92 Å². The monoisotopic (exact) mass is 556 g/mol. The second-order valence-electron chi connectivity index (χ2n) is 8.37. The van der Waals surface area contributed by atoms with Crippen LogP contribution in [-0.2, 0) is 3.74 Å². The lowest BCUT2D eigenvalue weighted by Crippen LogP contribution is -2.60. The van der Waals surface area contributed by atoms with Crippen LogP contribution in [0.4, 0.5) is 0 Å². The van der Waals surface area contributed by atoms with Gasteiger partial charge < -0.3 is 14.2 Å². The first-order valence-corrected chi connectivity index (χ1v) is 14.4. The summed E-state index contributed by atoms with van der Waals surface area (Å²) in [5.41, 5.74) is 3.12. The van der Waals surface area contributed by atoms with E-state index in [1.165, 1.54) is 0 Å². The van der Waals surface area contributed by atoms with E-state index < -0.39 is 21.0 Å². The molecule has 200 valence electrons. The van der Waals surface area contributed by atoms with E-state index in [0.717, 1.165) is 29.7 Å². The molecule has 0 saturated heterocycles. The third-order valence-electron chi connectivity index (χ3n) is 5.82. The van der Waals surface area contributed by atoms with Crippen molar-refractivity contribution in [2.45, 2.75) is 19.8 Å². The molecule has 0 saturated carbocycles. The minimum atomic E-state index is -4.71. The maximum absolute atomic E-state index is 11.8. The summed E-state index contributed by atoms with van der Waals surface area (Å²) in [4.78, 5) is 1.09. The maximum atomic E-state index is 11.8. The molecule has 4 rings (SSSR count). The van der Waals surface area contributed by atoms with Gasteiger partial charge in [0.25, 0.3) is 0 Å². The van der Waals surface area contributed by atoms with Crippen LogP contribution in [0.2, 0.25) is 0 Å². The van der Waals surface area contributed by atoms with Crippen molar-refractivity contribution in [1.29, 1.82) is 0 Å². The van der Waals surface area contributed by atoms with E-state index in [4.69, 9.17) is 17.9 Å². The van der Waals surface area contributed by atoms with Gasteiger partial charge in [0.05, 0.1) is 40.8 Å². The molecule has 3 aromatic rings. The van der Waals surface area contributed by atoms with Crippen LogP contribution in [0, 0.1) is 10.2 Å². The number of ether oxygens (including phenoxy) is 3. The maximum Gasteiger partial charge on any atom is 0.148 e. The van der Waals surface area contributed by atoms with E-state index in [0.29, 0.717) is 39.0 Å². The largest absolute Gasteiger partial charge is 0.497 e. The molecule has 0 bridgehead atoms. The molecular formula is C29H29ClO7S. The number of hydrogen-bond acceptors (Lipinski definition) is 7. The fourth-order valence-corrected chi connectivity index (χ4v) is 6.40. The van der Waals surface area contributed by atoms with Crippen molar-refractivity contribution in [3.63, 3.8) is 0 Å². The zero-order valence-electron chi connectivity index (χ0n) is 21.3. The normalized spacial score (nSPS) is 15.5. The van der Waals surface area contributed by atoms with Crippen molar-refractivity contribution in [3.05, 3.63) is 102 Å². The molecule has 0 aliphatic carbocycles. The van der Waals surface area contributed by atoms with Gasteiger partial charge in [0.15, 0.2) is 0 Å². The lowest BCUT2D eigenvalue weighted by atomic mass is 10.00. The van der Waals surface area contributed by atoms with Crippen LogP contribution in [0.15, 0.2) is 84.9 Å². The molecule has 1 atom stereocenters. The minimum absolute atomic E-state index is 0.547. The molecule has 9 heteroatoms. The molecule has 0 N–H and O–H groups in total. The molecule has 0 aromatic heterocycles. The van der Waals surface area contributed by atoms with Crippen LogP contribution in [-0.4, -0.2) is 25.7 Å². The van der Waals surface area contributed by atoms with E-state index in [9.17, 15) is 14.0 Å². The zero-order chi connectivity index (χ0) is 27.1. The molecular weight excluding hydrogens is 528 g/mol. The third kappa shape index (κ3) is 7.05. The molecule has 38 heavy (non-hydrogen) atoms. The highest BCUT2D eigenvalue weighted by Crippen LogP contribution is 2.45. The van der Waals surface area contributed by atoms with Crippen LogP contribution in [0.3, 0.4) is 0 Å². The Balaban J connectivity index is 1.85. The second kappa shape index (κ2) is 12.6. The van der Waals surface area contributed by atoms with Gasteiger partial charge in [0.2, 0.25) is 0 Å². The predicted octanol–water partition coefficient (Wildman–Crippen LogP) is 3.64. The van der Waals surface area contributed by atoms with E-state index in [1.807, 2.05) is 60.7 Å². The first-order chi connectivity index (χ1) is 18.3. The SMILES string of the molecule is CCCCOc1ccc(C2=CC(c3ccc(OC)cc3)=S(O[Cl+3]([O-])([O-])[O-])C(c3ccc(OC)cc3)=C2)cc1. The molecule has 7 nitrogen and oxygen atoms in total. The van der Waals surface area contributed by atoms with Crippen LogP contribution in [0.1, 0.15) is 36.5 Å². The van der Waals surface area contributed by atoms with E-state index >= 15 is 0 Å². The molecule has 1 heterocycles. The summed E-state index contributed by atoms with van der Waals surface area (Å²) in [7, 11) is -3.11. The highest BCUT2D eigenvalue weighted by Gasteiger charge is 2.32. The van der Waals surface area contributed by atoms with Gasteiger partial charge in [-0.25, -0.2) is 0 Å². The van der Waals surface area contributed by atoms with Crippen LogP contribution < -0.4 is 28.2 Å². The van der Waals surface area contributed by atoms with Gasteiger partial charge in [0, 0.05) is 0 Å². The van der Waals surface area contributed by atoms with E-state index in [1.54, 1.807) is 38.5 Å². The predicted molar refractivity (Wildman–Crippen MR) is 142 cm³/mol. The Labute approximate surface area is 227 Å². The summed E-state index contributed by atoms with van der Waals surface area (Å²) in [6, 6.07) is 22.0. The standard InChI is InChI=1S/C29H29ClO7S/c1-4-5-18-36-27-16-6-21(7-17-27)24-19-28(22-8-12-25(34-2)13-9-22)38(37-30(31,32)33)29(20-24)23-10-14-26(35-3)15-11-23/h6-17,19-20H,4-5,18H2,1-3H3. The molecule has 1 aliphatic rings. The van der Waals surface area contributed by atoms with Crippen LogP contribution in [0.5, 0.6) is 17.2 Å². The highest BCUT2D eigenvalue weighted by atomic mass is 35.7. The van der Waals surface area contributed by atoms with Gasteiger partial charge in [-0.2, -0.15) is 14.0 Å². The van der Waals surface area contributed by atoms with Crippen molar-refractivity contribution in [1.82, 2.24) is 0 Å². The summed E-state index contributed by atoms with van der Waals surface area (Å²) >= 11 is 0. The fourth-order valence-electron chi connectivity index (χ4n) is 3.83. The average molecular weight is 557 g/mol. The van der Waals surface area contributed by atoms with Crippen molar-refractivity contribution in [2.24, 2.45) is 0 Å². The van der Waals surface area contributed by atoms with Crippen LogP contribution >= 0.6 is 10.8 Å². The number of halogens is 1. The first-order valence-electron chi connectivity index (χ1n) is 12.0. The molecule has 3 aromatic carbocycles.